The van der Waals surface area contributed by atoms with E-state index in [1.54, 1.807) is 0 Å². The van der Waals surface area contributed by atoms with Gasteiger partial charge in [-0.05, 0) is 37.0 Å². The van der Waals surface area contributed by atoms with Gasteiger partial charge in [0.05, 0.1) is 6.10 Å². The third-order valence-corrected chi connectivity index (χ3v) is 5.17. The summed E-state index contributed by atoms with van der Waals surface area (Å²) < 4.78 is 5.43. The van der Waals surface area contributed by atoms with Gasteiger partial charge in [-0.25, -0.2) is 0 Å². The predicted octanol–water partition coefficient (Wildman–Crippen LogP) is 2.25. The summed E-state index contributed by atoms with van der Waals surface area (Å²) >= 11 is 0. The number of rotatable bonds is 3. The number of nitrogens with zero attached hydrogens (tertiary/aromatic N) is 1. The summed E-state index contributed by atoms with van der Waals surface area (Å²) in [5, 5.41) is 0. The Morgan fingerprint density at radius 3 is 2.50 bits per heavy atom. The summed E-state index contributed by atoms with van der Waals surface area (Å²) in [5.41, 5.74) is 6.80. The van der Waals surface area contributed by atoms with Gasteiger partial charge < -0.3 is 15.4 Å². The second-order valence-corrected chi connectivity index (χ2v) is 6.90. The van der Waals surface area contributed by atoms with Crippen LogP contribution in [0.2, 0.25) is 0 Å². The molecule has 0 aromatic rings. The molecule has 2 atom stereocenters. The molecule has 18 heavy (non-hydrogen) atoms. The zero-order valence-corrected chi connectivity index (χ0v) is 12.3. The minimum absolute atomic E-state index is 0.327. The lowest BCUT2D eigenvalue weighted by Gasteiger charge is -2.44. The Balaban J connectivity index is 1.82. The van der Waals surface area contributed by atoms with Gasteiger partial charge in [0.1, 0.15) is 0 Å². The Kier molecular flexibility index (Phi) is 4.68. The van der Waals surface area contributed by atoms with Crippen molar-refractivity contribution in [3.8, 4) is 0 Å². The van der Waals surface area contributed by atoms with Crippen LogP contribution in [0, 0.1) is 11.3 Å². The van der Waals surface area contributed by atoms with E-state index in [2.05, 4.69) is 18.7 Å². The van der Waals surface area contributed by atoms with Crippen molar-refractivity contribution in [3.63, 3.8) is 0 Å². The van der Waals surface area contributed by atoms with Crippen LogP contribution in [-0.4, -0.2) is 43.8 Å². The Bertz CT molecular complexity index is 259. The third kappa shape index (κ3) is 3.25. The molecular formula is C15H30N2O. The van der Waals surface area contributed by atoms with Gasteiger partial charge in [-0.15, -0.1) is 0 Å². The quantitative estimate of drug-likeness (QED) is 0.839. The molecule has 1 heterocycles. The predicted molar refractivity (Wildman–Crippen MR) is 75.6 cm³/mol. The maximum absolute atomic E-state index is 6.48. The van der Waals surface area contributed by atoms with E-state index in [4.69, 9.17) is 10.5 Å². The zero-order chi connectivity index (χ0) is 13.2. The number of hydrogen-bond acceptors (Lipinski definition) is 3. The van der Waals surface area contributed by atoms with Crippen LogP contribution in [0.4, 0.5) is 0 Å². The van der Waals surface area contributed by atoms with Gasteiger partial charge in [0.25, 0.3) is 0 Å². The molecule has 2 aliphatic rings. The average Bonchev–Trinajstić information content (AvgIpc) is 2.36. The van der Waals surface area contributed by atoms with Crippen molar-refractivity contribution in [2.75, 3.05) is 26.7 Å². The van der Waals surface area contributed by atoms with Crippen molar-refractivity contribution in [3.05, 3.63) is 0 Å². The van der Waals surface area contributed by atoms with Crippen LogP contribution in [0.15, 0.2) is 0 Å². The van der Waals surface area contributed by atoms with Gasteiger partial charge in [0.2, 0.25) is 0 Å². The second-order valence-electron chi connectivity index (χ2n) is 6.90. The van der Waals surface area contributed by atoms with Crippen molar-refractivity contribution in [1.82, 2.24) is 4.90 Å². The minimum atomic E-state index is 0.327. The topological polar surface area (TPSA) is 38.5 Å². The average molecular weight is 254 g/mol. The van der Waals surface area contributed by atoms with Gasteiger partial charge in [-0.3, -0.25) is 0 Å². The van der Waals surface area contributed by atoms with E-state index in [-0.39, 0.29) is 0 Å². The number of nitrogens with two attached hydrogens (primary N) is 1. The number of methoxy groups -OCH3 is 1. The van der Waals surface area contributed by atoms with E-state index in [9.17, 15) is 0 Å². The molecule has 0 spiro atoms. The van der Waals surface area contributed by atoms with Gasteiger partial charge in [-0.2, -0.15) is 0 Å². The number of ether oxygens (including phenoxy) is 1. The maximum atomic E-state index is 6.48. The molecule has 0 aromatic heterocycles. The van der Waals surface area contributed by atoms with E-state index in [0.29, 0.717) is 23.5 Å². The summed E-state index contributed by atoms with van der Waals surface area (Å²) in [6.45, 7) is 8.23. The molecule has 3 heteroatoms. The van der Waals surface area contributed by atoms with Gasteiger partial charge >= 0.3 is 0 Å². The fourth-order valence-corrected chi connectivity index (χ4v) is 3.67. The van der Waals surface area contributed by atoms with Crippen LogP contribution >= 0.6 is 0 Å². The molecule has 106 valence electrons. The minimum Gasteiger partial charge on any atom is -0.381 e. The van der Waals surface area contributed by atoms with E-state index in [1.165, 1.54) is 51.7 Å². The molecule has 3 nitrogen and oxygen atoms in total. The zero-order valence-electron chi connectivity index (χ0n) is 12.3. The fourth-order valence-electron chi connectivity index (χ4n) is 3.67. The number of piperidine rings is 1. The third-order valence-electron chi connectivity index (χ3n) is 5.17. The normalized spacial score (nSPS) is 34.7. The molecule has 2 unspecified atom stereocenters. The molecule has 0 aromatic carbocycles. The van der Waals surface area contributed by atoms with Gasteiger partial charge in [0, 0.05) is 32.8 Å². The Hall–Kier alpha value is -0.120. The highest BCUT2D eigenvalue weighted by Gasteiger charge is 2.37. The molecule has 1 aliphatic heterocycles. The van der Waals surface area contributed by atoms with E-state index in [1.807, 2.05) is 7.11 Å². The summed E-state index contributed by atoms with van der Waals surface area (Å²) in [5.74, 6) is 0.688. The summed E-state index contributed by atoms with van der Waals surface area (Å²) in [7, 11) is 1.83. The van der Waals surface area contributed by atoms with Crippen molar-refractivity contribution in [2.45, 2.75) is 58.1 Å². The summed E-state index contributed by atoms with van der Waals surface area (Å²) in [6.07, 6.45) is 6.80. The Morgan fingerprint density at radius 2 is 1.89 bits per heavy atom. The fraction of sp³-hybridized carbons (Fsp3) is 1.00. The second kappa shape index (κ2) is 5.89. The van der Waals surface area contributed by atoms with Crippen molar-refractivity contribution in [2.24, 2.45) is 17.1 Å². The molecule has 2 rings (SSSR count). The lowest BCUT2D eigenvalue weighted by Crippen LogP contribution is -2.51. The van der Waals surface area contributed by atoms with E-state index >= 15 is 0 Å². The first-order valence-electron chi connectivity index (χ1n) is 7.53. The highest BCUT2D eigenvalue weighted by molar-refractivity contribution is 4.92. The van der Waals surface area contributed by atoms with Gasteiger partial charge in [0.15, 0.2) is 0 Å². The maximum Gasteiger partial charge on any atom is 0.0595 e. The highest BCUT2D eigenvalue weighted by atomic mass is 16.5. The molecular weight excluding hydrogens is 224 g/mol. The lowest BCUT2D eigenvalue weighted by molar-refractivity contribution is 0.0262. The SMILES string of the molecule is COC1CCN(CC2CCCC(C)(C)C2N)CC1. The summed E-state index contributed by atoms with van der Waals surface area (Å²) in [6, 6.07) is 0.367. The van der Waals surface area contributed by atoms with Crippen molar-refractivity contribution < 1.29 is 4.74 Å². The Morgan fingerprint density at radius 1 is 1.22 bits per heavy atom. The van der Waals surface area contributed by atoms with E-state index < -0.39 is 0 Å². The molecule has 2 N–H and O–H groups in total. The lowest BCUT2D eigenvalue weighted by atomic mass is 9.68. The summed E-state index contributed by atoms with van der Waals surface area (Å²) in [4.78, 5) is 2.60. The first-order chi connectivity index (χ1) is 8.53. The first kappa shape index (κ1) is 14.3. The Labute approximate surface area is 112 Å². The number of hydrogen-bond donors (Lipinski definition) is 1. The molecule has 1 aliphatic carbocycles. The molecule has 2 fully saturated rings. The monoisotopic (exact) mass is 254 g/mol. The number of likely N-dealkylation sites (tertiary alicyclic amines) is 1. The molecule has 0 bridgehead atoms. The van der Waals surface area contributed by atoms with Crippen molar-refractivity contribution in [1.29, 1.82) is 0 Å². The van der Waals surface area contributed by atoms with Crippen LogP contribution in [0.25, 0.3) is 0 Å². The highest BCUT2D eigenvalue weighted by Crippen LogP contribution is 2.38. The van der Waals surface area contributed by atoms with Crippen LogP contribution < -0.4 is 5.73 Å². The molecule has 0 radical (unpaired) electrons. The largest absolute Gasteiger partial charge is 0.381 e. The van der Waals surface area contributed by atoms with Crippen LogP contribution in [0.1, 0.15) is 46.0 Å². The van der Waals surface area contributed by atoms with Crippen LogP contribution in [0.3, 0.4) is 0 Å². The van der Waals surface area contributed by atoms with Crippen molar-refractivity contribution >= 4 is 0 Å². The standard InChI is InChI=1S/C15H30N2O/c1-15(2)8-4-5-12(14(15)16)11-17-9-6-13(18-3)7-10-17/h12-14H,4-11,16H2,1-3H3. The van der Waals surface area contributed by atoms with E-state index in [0.717, 1.165) is 0 Å². The molecule has 1 saturated carbocycles. The van der Waals surface area contributed by atoms with Crippen LogP contribution in [0.5, 0.6) is 0 Å². The smallest absolute Gasteiger partial charge is 0.0595 e. The van der Waals surface area contributed by atoms with Gasteiger partial charge in [-0.1, -0.05) is 20.3 Å². The first-order valence-corrected chi connectivity index (χ1v) is 7.53. The van der Waals surface area contributed by atoms with Crippen LogP contribution in [-0.2, 0) is 4.74 Å². The molecule has 0 amide bonds. The molecule has 1 saturated heterocycles.